The molecule has 4 bridgehead atoms. The van der Waals surface area contributed by atoms with E-state index in [-0.39, 0.29) is 27.3 Å². The van der Waals surface area contributed by atoms with Crippen LogP contribution < -0.4 is 0 Å². The van der Waals surface area contributed by atoms with E-state index in [9.17, 15) is 4.39 Å². The molecule has 5 aliphatic rings. The molecule has 7 rings (SSSR count). The minimum absolute atomic E-state index is 0. The Morgan fingerprint density at radius 3 is 1.54 bits per heavy atom. The molecule has 4 fully saturated rings. The fourth-order valence-corrected chi connectivity index (χ4v) is 6.57. The van der Waals surface area contributed by atoms with Crippen molar-refractivity contribution in [2.45, 2.75) is 90.5 Å². The Balaban J connectivity index is 0.000000185. The topological polar surface area (TPSA) is 23.8 Å². The Hall–Kier alpha value is -1.26. The first-order valence-electron chi connectivity index (χ1n) is 13.6. The van der Waals surface area contributed by atoms with Crippen LogP contribution in [0.3, 0.4) is 0 Å². The van der Waals surface area contributed by atoms with Crippen LogP contribution in [0.5, 0.6) is 0 Å². The summed E-state index contributed by atoms with van der Waals surface area (Å²) in [6.45, 7) is 13.1. The van der Waals surface area contributed by atoms with Crippen molar-refractivity contribution in [2.24, 2.45) is 17.8 Å². The van der Waals surface area contributed by atoms with Crippen LogP contribution in [-0.2, 0) is 21.7 Å². The second kappa shape index (κ2) is 14.2. The van der Waals surface area contributed by atoms with Crippen LogP contribution in [0.1, 0.15) is 66.2 Å². The predicted octanol–water partition coefficient (Wildman–Crippen LogP) is 9.69. The molecule has 0 aliphatic heterocycles. The van der Waals surface area contributed by atoms with Gasteiger partial charge in [0, 0.05) is 9.52 Å². The zero-order valence-electron chi connectivity index (χ0n) is 23.7. The van der Waals surface area contributed by atoms with Gasteiger partial charge in [0.05, 0.1) is 0 Å². The van der Waals surface area contributed by atoms with Gasteiger partial charge in [-0.1, -0.05) is 113 Å². The van der Waals surface area contributed by atoms with Gasteiger partial charge in [-0.05, 0) is 48.6 Å². The molecule has 4 heteroatoms. The maximum absolute atomic E-state index is 14.0. The Bertz CT molecular complexity index is 961. The van der Waals surface area contributed by atoms with Crippen molar-refractivity contribution >= 4 is 9.52 Å². The summed E-state index contributed by atoms with van der Waals surface area (Å²) in [5, 5.41) is 0. The van der Waals surface area contributed by atoms with E-state index in [1.54, 1.807) is 0 Å². The fraction of sp³-hybridized carbons (Fsp3) is 0.515. The number of halogens is 1. The van der Waals surface area contributed by atoms with Crippen molar-refractivity contribution in [1.82, 2.24) is 0 Å². The molecule has 0 amide bonds. The number of nitrogens with one attached hydrogen (secondary N) is 1. The summed E-state index contributed by atoms with van der Waals surface area (Å²) < 4.78 is 14.0. The molecule has 5 aliphatic carbocycles. The molecule has 1 nitrogen and oxygen atoms in total. The molecule has 0 spiro atoms. The molecule has 2 aromatic carbocycles. The smallest absolute Gasteiger partial charge is 0.672 e. The van der Waals surface area contributed by atoms with Gasteiger partial charge >= 0.3 is 21.7 Å². The van der Waals surface area contributed by atoms with E-state index in [4.69, 9.17) is 5.73 Å². The molecule has 3 atom stereocenters. The molecule has 197 valence electrons. The van der Waals surface area contributed by atoms with Gasteiger partial charge in [-0.15, -0.1) is 12.5 Å². The average molecular weight is 551 g/mol. The molecule has 1 N–H and O–H groups in total. The quantitative estimate of drug-likeness (QED) is 0.249. The summed E-state index contributed by atoms with van der Waals surface area (Å²) >= 11 is 0. The largest absolute Gasteiger partial charge is 2.00 e. The molecule has 3 unspecified atom stereocenters. The van der Waals surface area contributed by atoms with Crippen LogP contribution in [0.2, 0.25) is 13.1 Å². The molecule has 37 heavy (non-hydrogen) atoms. The maximum Gasteiger partial charge on any atom is 2.00 e. The van der Waals surface area contributed by atoms with Crippen molar-refractivity contribution in [2.75, 3.05) is 0 Å². The number of hydrogen-bond donors (Lipinski definition) is 0. The fourth-order valence-electron chi connectivity index (χ4n) is 6.57. The molecule has 0 heterocycles. The monoisotopic (exact) mass is 550 g/mol. The molecular weight excluding hydrogens is 505 g/mol. The van der Waals surface area contributed by atoms with Crippen molar-refractivity contribution in [3.05, 3.63) is 89.2 Å². The summed E-state index contributed by atoms with van der Waals surface area (Å²) in [6.07, 6.45) is 8.61. The van der Waals surface area contributed by atoms with Crippen molar-refractivity contribution in [1.29, 1.82) is 0 Å². The number of hydrogen-bond acceptors (Lipinski definition) is 0. The zero-order chi connectivity index (χ0) is 26.3. The summed E-state index contributed by atoms with van der Waals surface area (Å²) in [7, 11) is 0.750. The first-order valence-corrected chi connectivity index (χ1v) is 15.9. The van der Waals surface area contributed by atoms with Crippen molar-refractivity contribution in [3.8, 4) is 11.1 Å². The molecule has 2 aromatic rings. The van der Waals surface area contributed by atoms with Crippen LogP contribution in [0.15, 0.2) is 77.4 Å². The molecule has 0 saturated heterocycles. The van der Waals surface area contributed by atoms with Gasteiger partial charge in [-0.2, -0.15) is 11.1 Å². The van der Waals surface area contributed by atoms with E-state index >= 15 is 0 Å². The van der Waals surface area contributed by atoms with Crippen molar-refractivity contribution < 1.29 is 26.1 Å². The van der Waals surface area contributed by atoms with E-state index in [1.165, 1.54) is 34.3 Å². The summed E-state index contributed by atoms with van der Waals surface area (Å²) in [5.74, 6) is 1.66. The number of rotatable bonds is 1. The average Bonchev–Trinajstić information content (AvgIpc) is 3.04. The minimum atomic E-state index is -0.925. The van der Waals surface area contributed by atoms with E-state index in [2.05, 4.69) is 95.4 Å². The summed E-state index contributed by atoms with van der Waals surface area (Å²) in [5.41, 5.74) is 13.6. The Morgan fingerprint density at radius 2 is 1.27 bits per heavy atom. The van der Waals surface area contributed by atoms with Gasteiger partial charge in [0.15, 0.2) is 0 Å². The van der Waals surface area contributed by atoms with Gasteiger partial charge in [0.25, 0.3) is 0 Å². The first-order chi connectivity index (χ1) is 17.1. The van der Waals surface area contributed by atoms with Crippen LogP contribution in [0, 0.1) is 23.8 Å². The zero-order valence-corrected chi connectivity index (χ0v) is 26.4. The molecule has 1 radical (unpaired) electrons. The van der Waals surface area contributed by atoms with Crippen LogP contribution in [0.25, 0.3) is 16.9 Å². The van der Waals surface area contributed by atoms with Gasteiger partial charge in [0.1, 0.15) is 5.67 Å². The maximum atomic E-state index is 14.0. The van der Waals surface area contributed by atoms with Gasteiger partial charge in [0.2, 0.25) is 0 Å². The van der Waals surface area contributed by atoms with Gasteiger partial charge < -0.3 is 5.73 Å². The van der Waals surface area contributed by atoms with Crippen LogP contribution in [0.4, 0.5) is 4.39 Å². The Labute approximate surface area is 243 Å². The standard InChI is InChI=1S/C12H10.C10H15FN.C9H13.C2H7Si.Ti/c1-3-7-11(8-4-1)12-9-5-2-6-10-12;11-9-2-7-1-8(3-9)5-10(12,4-7)6-9;1-6-5-7(2)9(4)8(6)3;1-3-2;/h1-10H;7-8,12H,1-6H2;6H,1-4H3;3H,1-2H3;/q;2*-1;;+2. The Morgan fingerprint density at radius 1 is 0.838 bits per heavy atom. The third-order valence-electron chi connectivity index (χ3n) is 8.11. The molecule has 0 aromatic heterocycles. The van der Waals surface area contributed by atoms with E-state index in [0.29, 0.717) is 24.2 Å². The van der Waals surface area contributed by atoms with E-state index in [0.717, 1.165) is 35.2 Å². The Kier molecular flexibility index (Phi) is 12.3. The molecule has 4 saturated carbocycles. The third kappa shape index (κ3) is 8.89. The summed E-state index contributed by atoms with van der Waals surface area (Å²) in [6, 6.07) is 20.8. The minimum Gasteiger partial charge on any atom is -0.672 e. The third-order valence-corrected chi connectivity index (χ3v) is 8.11. The SMILES string of the molecule is CC1=[C-]C(C)C(C)=C1C.C[SiH]C.[NH-]C12CC3CC(C1)CC(F)(C3)C2.[Ti+2].c1ccc(-c2ccccc2)cc1. The summed E-state index contributed by atoms with van der Waals surface area (Å²) in [4.78, 5) is 0. The second-order valence-corrected chi connectivity index (χ2v) is 12.7. The van der Waals surface area contributed by atoms with Gasteiger partial charge in [-0.25, -0.2) is 9.96 Å². The van der Waals surface area contributed by atoms with Gasteiger partial charge in [-0.3, -0.25) is 6.08 Å². The van der Waals surface area contributed by atoms with E-state index < -0.39 is 5.67 Å². The number of alkyl halides is 1. The molecular formula is C33H45FNSiTi. The van der Waals surface area contributed by atoms with Crippen LogP contribution in [-0.4, -0.2) is 20.7 Å². The number of benzene rings is 2. The predicted molar refractivity (Wildman–Crippen MR) is 156 cm³/mol. The van der Waals surface area contributed by atoms with E-state index in [1.807, 2.05) is 12.1 Å². The number of allylic oxidation sites excluding steroid dienone is 4. The normalized spacial score (nSPS) is 30.5. The van der Waals surface area contributed by atoms with Crippen LogP contribution >= 0.6 is 0 Å². The first kappa shape index (κ1) is 32.0. The van der Waals surface area contributed by atoms with Crippen molar-refractivity contribution in [3.63, 3.8) is 0 Å². The second-order valence-electron chi connectivity index (χ2n) is 11.5.